The first-order valence-electron chi connectivity index (χ1n) is 8.64. The molecular formula is C20H25NO2S. The zero-order chi connectivity index (χ0) is 17.2. The van der Waals surface area contributed by atoms with E-state index in [0.29, 0.717) is 0 Å². The highest BCUT2D eigenvalue weighted by molar-refractivity contribution is 7.90. The first-order valence-corrected chi connectivity index (χ1v) is 10.2. The summed E-state index contributed by atoms with van der Waals surface area (Å²) in [4.78, 5) is 0. The van der Waals surface area contributed by atoms with Crippen LogP contribution in [0.15, 0.2) is 54.6 Å². The van der Waals surface area contributed by atoms with Crippen LogP contribution < -0.4 is 4.72 Å². The Hall–Kier alpha value is -1.65. The molecule has 0 aliphatic heterocycles. The Balaban J connectivity index is 1.78. The maximum Gasteiger partial charge on any atom is 0.214 e. The van der Waals surface area contributed by atoms with Crippen LogP contribution in [0.5, 0.6) is 0 Å². The molecule has 1 aliphatic carbocycles. The molecule has 1 N–H and O–H groups in total. The molecule has 4 heteroatoms. The van der Waals surface area contributed by atoms with Crippen LogP contribution in [-0.2, 0) is 10.0 Å². The van der Waals surface area contributed by atoms with Crippen LogP contribution in [0.4, 0.5) is 0 Å². The molecule has 0 saturated heterocycles. The molecule has 128 valence electrons. The Morgan fingerprint density at radius 1 is 0.917 bits per heavy atom. The second kappa shape index (κ2) is 7.08. The average Bonchev–Trinajstić information content (AvgIpc) is 3.03. The minimum absolute atomic E-state index is 0.0139. The molecule has 0 bridgehead atoms. The average molecular weight is 343 g/mol. The topological polar surface area (TPSA) is 46.2 Å². The Morgan fingerprint density at radius 3 is 2.17 bits per heavy atom. The summed E-state index contributed by atoms with van der Waals surface area (Å²) in [6.45, 7) is 3.45. The van der Waals surface area contributed by atoms with Crippen LogP contribution in [0, 0.1) is 0 Å². The van der Waals surface area contributed by atoms with Gasteiger partial charge in [0.1, 0.15) is 0 Å². The number of benzene rings is 2. The molecule has 24 heavy (non-hydrogen) atoms. The van der Waals surface area contributed by atoms with E-state index < -0.39 is 10.0 Å². The fraction of sp³-hybridized carbons (Fsp3) is 0.400. The molecule has 0 spiro atoms. The standard InChI is InChI=1S/C20H25NO2S/c1-15(2)24(22,23)21-20-10-6-9-19(20)18-13-11-17(12-14-18)16-7-4-3-5-8-16/h3-5,7-8,11-15,19-21H,6,9-10H2,1-2H3. The third kappa shape index (κ3) is 3.70. The Labute approximate surface area is 145 Å². The lowest BCUT2D eigenvalue weighted by molar-refractivity contribution is 0.519. The molecule has 2 aromatic carbocycles. The van der Waals surface area contributed by atoms with Crippen molar-refractivity contribution in [3.05, 3.63) is 60.2 Å². The molecule has 2 aromatic rings. The van der Waals surface area contributed by atoms with Crippen LogP contribution in [0.2, 0.25) is 0 Å². The highest BCUT2D eigenvalue weighted by Gasteiger charge is 2.32. The first-order chi connectivity index (χ1) is 11.5. The van der Waals surface area contributed by atoms with E-state index in [1.54, 1.807) is 13.8 Å². The summed E-state index contributed by atoms with van der Waals surface area (Å²) in [5.41, 5.74) is 3.62. The van der Waals surface area contributed by atoms with E-state index in [0.717, 1.165) is 19.3 Å². The van der Waals surface area contributed by atoms with Crippen molar-refractivity contribution >= 4 is 10.0 Å². The molecule has 1 saturated carbocycles. The lowest BCUT2D eigenvalue weighted by Gasteiger charge is -2.22. The van der Waals surface area contributed by atoms with Gasteiger partial charge in [-0.25, -0.2) is 13.1 Å². The predicted molar refractivity (Wildman–Crippen MR) is 99.4 cm³/mol. The van der Waals surface area contributed by atoms with Gasteiger partial charge < -0.3 is 0 Å². The molecule has 0 aromatic heterocycles. The summed E-state index contributed by atoms with van der Waals surface area (Å²) in [6.07, 6.45) is 3.02. The van der Waals surface area contributed by atoms with Crippen LogP contribution in [-0.4, -0.2) is 19.7 Å². The van der Waals surface area contributed by atoms with Gasteiger partial charge in [0.2, 0.25) is 10.0 Å². The predicted octanol–water partition coefficient (Wildman–Crippen LogP) is 4.32. The smallest absolute Gasteiger partial charge is 0.212 e. The van der Waals surface area contributed by atoms with E-state index in [1.165, 1.54) is 16.7 Å². The molecule has 2 unspecified atom stereocenters. The maximum atomic E-state index is 12.2. The molecule has 0 amide bonds. The summed E-state index contributed by atoms with van der Waals surface area (Å²) in [6, 6.07) is 18.9. The highest BCUT2D eigenvalue weighted by Crippen LogP contribution is 2.36. The molecule has 2 atom stereocenters. The van der Waals surface area contributed by atoms with Gasteiger partial charge in [-0.3, -0.25) is 0 Å². The van der Waals surface area contributed by atoms with Crippen molar-refractivity contribution in [2.75, 3.05) is 0 Å². The minimum atomic E-state index is -3.22. The van der Waals surface area contributed by atoms with Crippen LogP contribution >= 0.6 is 0 Å². The summed E-state index contributed by atoms with van der Waals surface area (Å²) < 4.78 is 27.3. The number of sulfonamides is 1. The van der Waals surface area contributed by atoms with E-state index in [-0.39, 0.29) is 17.2 Å². The van der Waals surface area contributed by atoms with Crippen molar-refractivity contribution in [2.24, 2.45) is 0 Å². The van der Waals surface area contributed by atoms with Crippen molar-refractivity contribution in [1.82, 2.24) is 4.72 Å². The minimum Gasteiger partial charge on any atom is -0.212 e. The fourth-order valence-electron chi connectivity index (χ4n) is 3.40. The van der Waals surface area contributed by atoms with Gasteiger partial charge in [-0.2, -0.15) is 0 Å². The molecule has 1 fully saturated rings. The van der Waals surface area contributed by atoms with E-state index in [1.807, 2.05) is 18.2 Å². The van der Waals surface area contributed by atoms with Gasteiger partial charge in [0.25, 0.3) is 0 Å². The van der Waals surface area contributed by atoms with Gasteiger partial charge in [0, 0.05) is 12.0 Å². The fourth-order valence-corrected chi connectivity index (χ4v) is 4.38. The molecule has 3 nitrogen and oxygen atoms in total. The van der Waals surface area contributed by atoms with Crippen LogP contribution in [0.3, 0.4) is 0 Å². The van der Waals surface area contributed by atoms with E-state index in [2.05, 4.69) is 41.1 Å². The van der Waals surface area contributed by atoms with Crippen molar-refractivity contribution in [2.45, 2.75) is 50.3 Å². The monoisotopic (exact) mass is 343 g/mol. The first kappa shape index (κ1) is 17.2. The largest absolute Gasteiger partial charge is 0.214 e. The Bertz CT molecular complexity index is 767. The van der Waals surface area contributed by atoms with Gasteiger partial charge in [-0.15, -0.1) is 0 Å². The molecule has 1 aliphatic rings. The van der Waals surface area contributed by atoms with Gasteiger partial charge in [0.15, 0.2) is 0 Å². The van der Waals surface area contributed by atoms with Crippen molar-refractivity contribution in [3.63, 3.8) is 0 Å². The lowest BCUT2D eigenvalue weighted by atomic mass is 9.93. The SMILES string of the molecule is CC(C)S(=O)(=O)NC1CCCC1c1ccc(-c2ccccc2)cc1. The third-order valence-corrected chi connectivity index (χ3v) is 6.77. The zero-order valence-corrected chi connectivity index (χ0v) is 15.1. The van der Waals surface area contributed by atoms with Gasteiger partial charge in [0.05, 0.1) is 5.25 Å². The van der Waals surface area contributed by atoms with Crippen LogP contribution in [0.25, 0.3) is 11.1 Å². The molecular weight excluding hydrogens is 318 g/mol. The Kier molecular flexibility index (Phi) is 5.07. The number of hydrogen-bond donors (Lipinski definition) is 1. The number of hydrogen-bond acceptors (Lipinski definition) is 2. The maximum absolute atomic E-state index is 12.2. The van der Waals surface area contributed by atoms with Crippen molar-refractivity contribution in [3.8, 4) is 11.1 Å². The summed E-state index contributed by atoms with van der Waals surface area (Å²) in [5, 5.41) is -0.390. The lowest BCUT2D eigenvalue weighted by Crippen LogP contribution is -2.40. The molecule has 0 radical (unpaired) electrons. The van der Waals surface area contributed by atoms with Crippen LogP contribution in [0.1, 0.15) is 44.6 Å². The van der Waals surface area contributed by atoms with Crippen molar-refractivity contribution < 1.29 is 8.42 Å². The highest BCUT2D eigenvalue weighted by atomic mass is 32.2. The van der Waals surface area contributed by atoms with Gasteiger partial charge in [-0.1, -0.05) is 61.0 Å². The van der Waals surface area contributed by atoms with E-state index in [4.69, 9.17) is 0 Å². The van der Waals surface area contributed by atoms with E-state index in [9.17, 15) is 8.42 Å². The summed E-state index contributed by atoms with van der Waals surface area (Å²) >= 11 is 0. The number of rotatable bonds is 5. The third-order valence-electron chi connectivity index (χ3n) is 4.90. The second-order valence-electron chi connectivity index (χ2n) is 6.84. The second-order valence-corrected chi connectivity index (χ2v) is 9.11. The number of nitrogens with one attached hydrogen (secondary N) is 1. The zero-order valence-electron chi connectivity index (χ0n) is 14.3. The quantitative estimate of drug-likeness (QED) is 0.879. The molecule has 3 rings (SSSR count). The summed E-state index contributed by atoms with van der Waals surface area (Å²) in [7, 11) is -3.22. The normalized spacial score (nSPS) is 21.3. The Morgan fingerprint density at radius 2 is 1.54 bits per heavy atom. The molecule has 0 heterocycles. The summed E-state index contributed by atoms with van der Waals surface area (Å²) in [5.74, 6) is 0.267. The van der Waals surface area contributed by atoms with Gasteiger partial charge >= 0.3 is 0 Å². The van der Waals surface area contributed by atoms with Crippen molar-refractivity contribution in [1.29, 1.82) is 0 Å². The van der Waals surface area contributed by atoms with E-state index >= 15 is 0 Å². The van der Waals surface area contributed by atoms with Gasteiger partial charge in [-0.05, 0) is 43.4 Å².